The normalized spacial score (nSPS) is 30.4. The SMILES string of the molecule is CCN(C(=O)O)[C@H]1CCN(C2CCC3(CC2)C(=O)Nc2c(C)cccc23)C1. The van der Waals surface area contributed by atoms with Gasteiger partial charge in [-0.1, -0.05) is 18.2 Å². The van der Waals surface area contributed by atoms with Crippen LogP contribution in [0.2, 0.25) is 0 Å². The predicted octanol–water partition coefficient (Wildman–Crippen LogP) is 3.20. The molecule has 2 aliphatic heterocycles. The molecule has 2 heterocycles. The van der Waals surface area contributed by atoms with Crippen LogP contribution in [0.5, 0.6) is 0 Å². The summed E-state index contributed by atoms with van der Waals surface area (Å²) in [5.41, 5.74) is 2.96. The average Bonchev–Trinajstić information content (AvgIpc) is 3.22. The minimum Gasteiger partial charge on any atom is -0.465 e. The monoisotopic (exact) mass is 371 g/mol. The Hall–Kier alpha value is -2.08. The molecule has 3 aliphatic rings. The summed E-state index contributed by atoms with van der Waals surface area (Å²) in [5, 5.41) is 12.5. The second-order valence-electron chi connectivity index (χ2n) is 8.27. The number of carboxylic acid groups (broad SMARTS) is 1. The van der Waals surface area contributed by atoms with Crippen molar-refractivity contribution in [1.82, 2.24) is 9.80 Å². The predicted molar refractivity (Wildman–Crippen MR) is 104 cm³/mol. The van der Waals surface area contributed by atoms with Crippen LogP contribution in [0, 0.1) is 6.92 Å². The van der Waals surface area contributed by atoms with Gasteiger partial charge in [0, 0.05) is 37.4 Å². The summed E-state index contributed by atoms with van der Waals surface area (Å²) < 4.78 is 0. The zero-order chi connectivity index (χ0) is 19.2. The number of benzene rings is 1. The van der Waals surface area contributed by atoms with E-state index in [4.69, 9.17) is 0 Å². The Kier molecular flexibility index (Phi) is 4.62. The van der Waals surface area contributed by atoms with Crippen LogP contribution in [-0.4, -0.2) is 58.6 Å². The largest absolute Gasteiger partial charge is 0.465 e. The molecular formula is C21H29N3O3. The van der Waals surface area contributed by atoms with Crippen LogP contribution in [0.25, 0.3) is 0 Å². The number of likely N-dealkylation sites (tertiary alicyclic amines) is 1. The van der Waals surface area contributed by atoms with Gasteiger partial charge in [0.25, 0.3) is 0 Å². The Morgan fingerprint density at radius 2 is 2.07 bits per heavy atom. The highest BCUT2D eigenvalue weighted by Gasteiger charge is 2.50. The van der Waals surface area contributed by atoms with Gasteiger partial charge < -0.3 is 15.3 Å². The molecule has 27 heavy (non-hydrogen) atoms. The maximum atomic E-state index is 12.8. The van der Waals surface area contributed by atoms with Gasteiger partial charge in [-0.2, -0.15) is 0 Å². The Morgan fingerprint density at radius 3 is 2.74 bits per heavy atom. The van der Waals surface area contributed by atoms with Gasteiger partial charge in [0.2, 0.25) is 5.91 Å². The van der Waals surface area contributed by atoms with Crippen LogP contribution in [0.1, 0.15) is 50.2 Å². The molecule has 146 valence electrons. The van der Waals surface area contributed by atoms with Crippen LogP contribution in [0.3, 0.4) is 0 Å². The topological polar surface area (TPSA) is 72.9 Å². The molecule has 0 unspecified atom stereocenters. The highest BCUT2D eigenvalue weighted by atomic mass is 16.4. The van der Waals surface area contributed by atoms with Crippen LogP contribution in [-0.2, 0) is 10.2 Å². The van der Waals surface area contributed by atoms with E-state index in [1.807, 2.05) is 6.92 Å². The lowest BCUT2D eigenvalue weighted by Gasteiger charge is -2.39. The first-order valence-corrected chi connectivity index (χ1v) is 10.1. The van der Waals surface area contributed by atoms with Crippen molar-refractivity contribution in [3.05, 3.63) is 29.3 Å². The van der Waals surface area contributed by atoms with Gasteiger partial charge in [-0.15, -0.1) is 0 Å². The second kappa shape index (κ2) is 6.82. The Morgan fingerprint density at radius 1 is 1.33 bits per heavy atom. The molecule has 2 N–H and O–H groups in total. The smallest absolute Gasteiger partial charge is 0.407 e. The summed E-state index contributed by atoms with van der Waals surface area (Å²) in [4.78, 5) is 28.3. The van der Waals surface area contributed by atoms with E-state index in [1.165, 1.54) is 5.56 Å². The number of carbonyl (C=O) groups is 2. The summed E-state index contributed by atoms with van der Waals surface area (Å²) in [6.07, 6.45) is 3.82. The van der Waals surface area contributed by atoms with Crippen molar-refractivity contribution in [2.45, 2.75) is 63.5 Å². The fourth-order valence-electron chi connectivity index (χ4n) is 5.45. The highest BCUT2D eigenvalue weighted by molar-refractivity contribution is 6.07. The van der Waals surface area contributed by atoms with E-state index in [9.17, 15) is 14.7 Å². The number of rotatable bonds is 3. The fraction of sp³-hybridized carbons (Fsp3) is 0.619. The lowest BCUT2D eigenvalue weighted by atomic mass is 9.68. The third-order valence-corrected chi connectivity index (χ3v) is 7.01. The molecular weight excluding hydrogens is 342 g/mol. The molecule has 2 fully saturated rings. The molecule has 0 aromatic heterocycles. The Bertz CT molecular complexity index is 755. The summed E-state index contributed by atoms with van der Waals surface area (Å²) in [6.45, 7) is 6.26. The van der Waals surface area contributed by atoms with Gasteiger partial charge in [0.1, 0.15) is 0 Å². The third-order valence-electron chi connectivity index (χ3n) is 7.01. The van der Waals surface area contributed by atoms with E-state index in [0.29, 0.717) is 12.6 Å². The zero-order valence-electron chi connectivity index (χ0n) is 16.2. The maximum absolute atomic E-state index is 12.8. The van der Waals surface area contributed by atoms with Crippen LogP contribution >= 0.6 is 0 Å². The molecule has 2 amide bonds. The summed E-state index contributed by atoms with van der Waals surface area (Å²) in [5.74, 6) is 0.160. The molecule has 6 nitrogen and oxygen atoms in total. The van der Waals surface area contributed by atoms with Gasteiger partial charge in [-0.05, 0) is 57.1 Å². The molecule has 0 bridgehead atoms. The van der Waals surface area contributed by atoms with Crippen molar-refractivity contribution in [3.8, 4) is 0 Å². The van der Waals surface area contributed by atoms with Crippen molar-refractivity contribution in [2.24, 2.45) is 0 Å². The van der Waals surface area contributed by atoms with Gasteiger partial charge in [0.15, 0.2) is 0 Å². The molecule has 6 heteroatoms. The van der Waals surface area contributed by atoms with Gasteiger partial charge in [0.05, 0.1) is 5.41 Å². The van der Waals surface area contributed by atoms with E-state index >= 15 is 0 Å². The molecule has 4 rings (SSSR count). The van der Waals surface area contributed by atoms with Crippen LogP contribution in [0.15, 0.2) is 18.2 Å². The number of carbonyl (C=O) groups excluding carboxylic acids is 1. The van der Waals surface area contributed by atoms with E-state index in [0.717, 1.165) is 56.4 Å². The number of hydrogen-bond donors (Lipinski definition) is 2. The van der Waals surface area contributed by atoms with Crippen molar-refractivity contribution in [1.29, 1.82) is 0 Å². The minimum atomic E-state index is -0.818. The number of fused-ring (bicyclic) bond motifs is 2. The number of para-hydroxylation sites is 1. The van der Waals surface area contributed by atoms with E-state index in [2.05, 4.69) is 35.3 Å². The fourth-order valence-corrected chi connectivity index (χ4v) is 5.45. The number of hydrogen-bond acceptors (Lipinski definition) is 3. The van der Waals surface area contributed by atoms with Crippen molar-refractivity contribution < 1.29 is 14.7 Å². The summed E-state index contributed by atoms with van der Waals surface area (Å²) in [6, 6.07) is 6.77. The van der Waals surface area contributed by atoms with Crippen molar-refractivity contribution in [2.75, 3.05) is 25.0 Å². The minimum absolute atomic E-state index is 0.0986. The molecule has 1 aromatic carbocycles. The van der Waals surface area contributed by atoms with E-state index < -0.39 is 6.09 Å². The lowest BCUT2D eigenvalue weighted by molar-refractivity contribution is -0.122. The van der Waals surface area contributed by atoms with Gasteiger partial charge in [-0.25, -0.2) is 4.79 Å². The molecule has 0 radical (unpaired) electrons. The van der Waals surface area contributed by atoms with E-state index in [1.54, 1.807) is 4.90 Å². The number of anilines is 1. The van der Waals surface area contributed by atoms with Gasteiger partial charge in [-0.3, -0.25) is 9.69 Å². The van der Waals surface area contributed by atoms with Crippen molar-refractivity contribution >= 4 is 17.7 Å². The Balaban J connectivity index is 1.44. The molecule has 1 aromatic rings. The first-order valence-electron chi connectivity index (χ1n) is 10.1. The van der Waals surface area contributed by atoms with Crippen LogP contribution < -0.4 is 5.32 Å². The maximum Gasteiger partial charge on any atom is 0.407 e. The van der Waals surface area contributed by atoms with E-state index in [-0.39, 0.29) is 17.4 Å². The number of amides is 2. The second-order valence-corrected chi connectivity index (χ2v) is 8.27. The zero-order valence-corrected chi connectivity index (χ0v) is 16.2. The standard InChI is InChI=1S/C21H29N3O3/c1-3-24(20(26)27)16-9-12-23(13-16)15-7-10-21(11-8-15)17-6-4-5-14(2)18(17)22-19(21)25/h4-6,15-16H,3,7-13H2,1-2H3,(H,22,25)(H,26,27)/t15?,16-,21?/m0/s1. The number of nitrogens with zero attached hydrogens (tertiary/aromatic N) is 2. The van der Waals surface area contributed by atoms with Crippen LogP contribution in [0.4, 0.5) is 10.5 Å². The molecule has 1 spiro atoms. The number of aryl methyl sites for hydroxylation is 1. The summed E-state index contributed by atoms with van der Waals surface area (Å²) >= 11 is 0. The molecule has 1 saturated carbocycles. The average molecular weight is 371 g/mol. The highest BCUT2D eigenvalue weighted by Crippen LogP contribution is 2.49. The lowest BCUT2D eigenvalue weighted by Crippen LogP contribution is -2.46. The quantitative estimate of drug-likeness (QED) is 0.856. The first-order chi connectivity index (χ1) is 13.0. The molecule has 1 aliphatic carbocycles. The number of nitrogens with one attached hydrogen (secondary N) is 1. The third kappa shape index (κ3) is 2.90. The van der Waals surface area contributed by atoms with Gasteiger partial charge >= 0.3 is 6.09 Å². The molecule has 1 atom stereocenters. The summed E-state index contributed by atoms with van der Waals surface area (Å²) in [7, 11) is 0. The van der Waals surface area contributed by atoms with Crippen molar-refractivity contribution in [3.63, 3.8) is 0 Å². The Labute approximate surface area is 160 Å². The number of likely N-dealkylation sites (N-methyl/N-ethyl adjacent to an activating group) is 1. The molecule has 1 saturated heterocycles. The first kappa shape index (κ1) is 18.3.